The minimum absolute atomic E-state index is 0.0271. The van der Waals surface area contributed by atoms with Crippen molar-refractivity contribution in [1.29, 1.82) is 0 Å². The van der Waals surface area contributed by atoms with E-state index in [1.165, 1.54) is 35.6 Å². The molecule has 1 aromatic carbocycles. The summed E-state index contributed by atoms with van der Waals surface area (Å²) in [5.41, 5.74) is 0. The molecule has 2 rings (SSSR count). The van der Waals surface area contributed by atoms with Gasteiger partial charge in [-0.1, -0.05) is 12.8 Å². The van der Waals surface area contributed by atoms with Gasteiger partial charge in [0.2, 0.25) is 10.0 Å². The van der Waals surface area contributed by atoms with Gasteiger partial charge in [0.1, 0.15) is 5.75 Å². The van der Waals surface area contributed by atoms with Crippen molar-refractivity contribution >= 4 is 10.0 Å². The lowest BCUT2D eigenvalue weighted by atomic mass is 9.93. The number of likely N-dealkylation sites (N-methyl/N-ethyl adjacent to an activating group) is 1. The highest BCUT2D eigenvalue weighted by Crippen LogP contribution is 2.27. The molecule has 2 N–H and O–H groups in total. The third-order valence-corrected chi connectivity index (χ3v) is 5.57. The maximum absolute atomic E-state index is 12.4. The van der Waals surface area contributed by atoms with Gasteiger partial charge in [0.05, 0.1) is 17.0 Å². The molecule has 106 valence electrons. The van der Waals surface area contributed by atoms with Crippen LogP contribution in [0.2, 0.25) is 0 Å². The summed E-state index contributed by atoms with van der Waals surface area (Å²) in [5.74, 6) is 0.0271. The molecule has 1 fully saturated rings. The minimum atomic E-state index is -3.63. The number of nitrogens with zero attached hydrogens (tertiary/aromatic N) is 1. The van der Waals surface area contributed by atoms with Crippen molar-refractivity contribution in [2.24, 2.45) is 0 Å². The summed E-state index contributed by atoms with van der Waals surface area (Å²) in [4.78, 5) is 0.130. The molecule has 0 bridgehead atoms. The predicted octanol–water partition coefficient (Wildman–Crippen LogP) is 1.32. The molecule has 1 aliphatic rings. The molecule has 0 radical (unpaired) electrons. The van der Waals surface area contributed by atoms with E-state index in [0.29, 0.717) is 12.8 Å². The fourth-order valence-electron chi connectivity index (χ4n) is 2.48. The van der Waals surface area contributed by atoms with Crippen molar-refractivity contribution in [3.05, 3.63) is 24.3 Å². The van der Waals surface area contributed by atoms with Gasteiger partial charge in [-0.3, -0.25) is 0 Å². The molecule has 2 atom stereocenters. The lowest BCUT2D eigenvalue weighted by molar-refractivity contribution is 0.0638. The second kappa shape index (κ2) is 5.48. The maximum Gasteiger partial charge on any atom is 0.243 e. The summed E-state index contributed by atoms with van der Waals surface area (Å²) < 4.78 is 26.1. The van der Waals surface area contributed by atoms with E-state index in [0.717, 1.165) is 12.8 Å². The molecule has 1 aliphatic carbocycles. The Labute approximate surface area is 113 Å². The van der Waals surface area contributed by atoms with Gasteiger partial charge in [-0.05, 0) is 37.1 Å². The lowest BCUT2D eigenvalue weighted by Gasteiger charge is -2.34. The SMILES string of the molecule is CN(C1CCCCC1O)S(=O)(=O)c1ccc(O)cc1. The number of aliphatic hydroxyl groups excluding tert-OH is 1. The van der Waals surface area contributed by atoms with Gasteiger partial charge < -0.3 is 10.2 Å². The molecular weight excluding hydrogens is 266 g/mol. The zero-order valence-corrected chi connectivity index (χ0v) is 11.7. The first-order chi connectivity index (χ1) is 8.93. The predicted molar refractivity (Wildman–Crippen MR) is 71.3 cm³/mol. The van der Waals surface area contributed by atoms with Crippen LogP contribution >= 0.6 is 0 Å². The third-order valence-electron chi connectivity index (χ3n) is 3.67. The molecule has 0 amide bonds. The lowest BCUT2D eigenvalue weighted by Crippen LogP contribution is -2.46. The van der Waals surface area contributed by atoms with Crippen molar-refractivity contribution in [2.75, 3.05) is 7.05 Å². The summed E-state index contributed by atoms with van der Waals surface area (Å²) in [6.07, 6.45) is 2.57. The van der Waals surface area contributed by atoms with Crippen molar-refractivity contribution in [1.82, 2.24) is 4.31 Å². The maximum atomic E-state index is 12.4. The standard InChI is InChI=1S/C13H19NO4S/c1-14(12-4-2-3-5-13(12)16)19(17,18)11-8-6-10(15)7-9-11/h6-9,12-13,15-16H,2-5H2,1H3. The molecular formula is C13H19NO4S. The summed E-state index contributed by atoms with van der Waals surface area (Å²) in [7, 11) is -2.12. The Bertz CT molecular complexity index is 526. The second-order valence-corrected chi connectivity index (χ2v) is 6.93. The highest BCUT2D eigenvalue weighted by atomic mass is 32.2. The van der Waals surface area contributed by atoms with Crippen molar-refractivity contribution in [3.8, 4) is 5.75 Å². The highest BCUT2D eigenvalue weighted by Gasteiger charge is 2.34. The van der Waals surface area contributed by atoms with Crippen LogP contribution in [0.4, 0.5) is 0 Å². The fraction of sp³-hybridized carbons (Fsp3) is 0.538. The normalized spacial score (nSPS) is 24.6. The van der Waals surface area contributed by atoms with Crippen LogP contribution in [0.5, 0.6) is 5.75 Å². The topological polar surface area (TPSA) is 77.8 Å². The Morgan fingerprint density at radius 2 is 1.74 bits per heavy atom. The quantitative estimate of drug-likeness (QED) is 0.878. The Hall–Kier alpha value is -1.11. The number of rotatable bonds is 3. The van der Waals surface area contributed by atoms with Crippen molar-refractivity contribution in [3.63, 3.8) is 0 Å². The monoisotopic (exact) mass is 285 g/mol. The van der Waals surface area contributed by atoms with E-state index >= 15 is 0 Å². The van der Waals surface area contributed by atoms with Crippen LogP contribution in [-0.4, -0.2) is 42.1 Å². The van der Waals surface area contributed by atoms with Gasteiger partial charge in [-0.25, -0.2) is 8.42 Å². The number of sulfonamides is 1. The second-order valence-electron chi connectivity index (χ2n) is 4.93. The number of aliphatic hydroxyl groups is 1. The zero-order chi connectivity index (χ0) is 14.0. The van der Waals surface area contributed by atoms with Gasteiger partial charge >= 0.3 is 0 Å². The van der Waals surface area contributed by atoms with Gasteiger partial charge in [-0.2, -0.15) is 4.31 Å². The van der Waals surface area contributed by atoms with Crippen LogP contribution in [0.1, 0.15) is 25.7 Å². The molecule has 2 unspecified atom stereocenters. The summed E-state index contributed by atoms with van der Waals surface area (Å²) >= 11 is 0. The molecule has 0 heterocycles. The first-order valence-electron chi connectivity index (χ1n) is 6.38. The Balaban J connectivity index is 2.25. The molecule has 1 aromatic rings. The highest BCUT2D eigenvalue weighted by molar-refractivity contribution is 7.89. The number of aromatic hydroxyl groups is 1. The summed E-state index contributed by atoms with van der Waals surface area (Å²) in [5, 5.41) is 19.2. The van der Waals surface area contributed by atoms with Crippen LogP contribution in [0, 0.1) is 0 Å². The smallest absolute Gasteiger partial charge is 0.243 e. The van der Waals surface area contributed by atoms with E-state index in [9.17, 15) is 18.6 Å². The van der Waals surface area contributed by atoms with Crippen LogP contribution in [0.15, 0.2) is 29.2 Å². The first-order valence-corrected chi connectivity index (χ1v) is 7.82. The Morgan fingerprint density at radius 1 is 1.16 bits per heavy atom. The number of phenolic OH excluding ortho intramolecular Hbond substituents is 1. The molecule has 19 heavy (non-hydrogen) atoms. The molecule has 0 spiro atoms. The number of hydrogen-bond donors (Lipinski definition) is 2. The zero-order valence-electron chi connectivity index (χ0n) is 10.9. The minimum Gasteiger partial charge on any atom is -0.508 e. The van der Waals surface area contributed by atoms with Crippen molar-refractivity contribution < 1.29 is 18.6 Å². The van der Waals surface area contributed by atoms with Gasteiger partial charge in [-0.15, -0.1) is 0 Å². The Kier molecular flexibility index (Phi) is 4.13. The van der Waals surface area contributed by atoms with E-state index < -0.39 is 16.1 Å². The average molecular weight is 285 g/mol. The molecule has 1 saturated carbocycles. The number of hydrogen-bond acceptors (Lipinski definition) is 4. The van der Waals surface area contributed by atoms with E-state index in [2.05, 4.69) is 0 Å². The van der Waals surface area contributed by atoms with Gasteiger partial charge in [0, 0.05) is 7.05 Å². The van der Waals surface area contributed by atoms with Crippen LogP contribution in [0.25, 0.3) is 0 Å². The van der Waals surface area contributed by atoms with E-state index in [1.807, 2.05) is 0 Å². The van der Waals surface area contributed by atoms with Gasteiger partial charge in [0.25, 0.3) is 0 Å². The van der Waals surface area contributed by atoms with Crippen LogP contribution < -0.4 is 0 Å². The largest absolute Gasteiger partial charge is 0.508 e. The van der Waals surface area contributed by atoms with Crippen LogP contribution in [0.3, 0.4) is 0 Å². The fourth-order valence-corrected chi connectivity index (χ4v) is 3.89. The van der Waals surface area contributed by atoms with Crippen molar-refractivity contribution in [2.45, 2.75) is 42.7 Å². The van der Waals surface area contributed by atoms with E-state index in [-0.39, 0.29) is 16.7 Å². The Morgan fingerprint density at radius 3 is 2.32 bits per heavy atom. The van der Waals surface area contributed by atoms with Crippen LogP contribution in [-0.2, 0) is 10.0 Å². The molecule has 0 saturated heterocycles. The van der Waals surface area contributed by atoms with E-state index in [1.54, 1.807) is 0 Å². The van der Waals surface area contributed by atoms with E-state index in [4.69, 9.17) is 0 Å². The third kappa shape index (κ3) is 2.91. The summed E-state index contributed by atoms with van der Waals surface area (Å²) in [6, 6.07) is 5.07. The van der Waals surface area contributed by atoms with Gasteiger partial charge in [0.15, 0.2) is 0 Å². The molecule has 6 heteroatoms. The molecule has 5 nitrogen and oxygen atoms in total. The number of benzene rings is 1. The summed E-state index contributed by atoms with van der Waals surface area (Å²) in [6.45, 7) is 0. The molecule has 0 aliphatic heterocycles. The molecule has 0 aromatic heterocycles. The number of phenols is 1. The average Bonchev–Trinajstić information content (AvgIpc) is 2.39. The first kappa shape index (κ1) is 14.3.